The molecule has 2 aliphatic rings. The fourth-order valence-corrected chi connectivity index (χ4v) is 6.64. The van der Waals surface area contributed by atoms with Crippen molar-refractivity contribution in [1.29, 1.82) is 0 Å². The van der Waals surface area contributed by atoms with E-state index in [-0.39, 0.29) is 12.5 Å². The topological polar surface area (TPSA) is 84.1 Å². The van der Waals surface area contributed by atoms with Crippen LogP contribution in [0, 0.1) is 12.8 Å². The molecule has 3 heterocycles. The molecule has 9 heteroatoms. The minimum Gasteiger partial charge on any atom is -0.481 e. The Hall–Kier alpha value is -2.48. The Morgan fingerprint density at radius 2 is 2.11 bits per heavy atom. The summed E-state index contributed by atoms with van der Waals surface area (Å²) in [5, 5.41) is 15.1. The second-order valence-corrected chi connectivity index (χ2v) is 11.3. The number of carboxylic acid groups (broad SMARTS) is 1. The lowest BCUT2D eigenvalue weighted by atomic mass is 9.83. The average molecular weight is 543 g/mol. The highest BCUT2D eigenvalue weighted by molar-refractivity contribution is 6.35. The lowest BCUT2D eigenvalue weighted by molar-refractivity contribution is -0.137. The van der Waals surface area contributed by atoms with Gasteiger partial charge in [-0.2, -0.15) is 5.10 Å². The summed E-state index contributed by atoms with van der Waals surface area (Å²) < 4.78 is 1.91. The molecule has 1 fully saturated rings. The maximum absolute atomic E-state index is 11.1. The van der Waals surface area contributed by atoms with Gasteiger partial charge in [-0.05, 0) is 81.7 Å². The van der Waals surface area contributed by atoms with Crippen LogP contribution in [-0.2, 0) is 4.79 Å². The zero-order valence-corrected chi connectivity index (χ0v) is 23.0. The van der Waals surface area contributed by atoms with Gasteiger partial charge in [0.25, 0.3) is 0 Å². The van der Waals surface area contributed by atoms with E-state index in [0.29, 0.717) is 28.0 Å². The Morgan fingerprint density at radius 3 is 2.84 bits per heavy atom. The molecular weight excluding hydrogens is 509 g/mol. The van der Waals surface area contributed by atoms with E-state index in [0.717, 1.165) is 66.8 Å². The molecular formula is C28H33Cl2N5O2. The van der Waals surface area contributed by atoms with Crippen LogP contribution in [0.25, 0.3) is 16.7 Å². The highest BCUT2D eigenvalue weighted by Crippen LogP contribution is 2.37. The van der Waals surface area contributed by atoms with E-state index in [1.807, 2.05) is 29.9 Å². The van der Waals surface area contributed by atoms with E-state index in [1.165, 1.54) is 5.57 Å². The smallest absolute Gasteiger partial charge is 0.303 e. The van der Waals surface area contributed by atoms with Gasteiger partial charge >= 0.3 is 5.97 Å². The maximum atomic E-state index is 11.1. The molecule has 196 valence electrons. The minimum absolute atomic E-state index is 0.132. The predicted molar refractivity (Wildman–Crippen MR) is 147 cm³/mol. The predicted octanol–water partition coefficient (Wildman–Crippen LogP) is 6.56. The molecule has 1 N–H and O–H groups in total. The summed E-state index contributed by atoms with van der Waals surface area (Å²) in [5.74, 6) is -0.261. The number of hydrogen-bond donors (Lipinski definition) is 1. The van der Waals surface area contributed by atoms with Gasteiger partial charge in [-0.25, -0.2) is 14.6 Å². The second-order valence-electron chi connectivity index (χ2n) is 10.5. The number of allylic oxidation sites excluding steroid dienone is 1. The summed E-state index contributed by atoms with van der Waals surface area (Å²) in [7, 11) is 0. The zero-order chi connectivity index (χ0) is 26.3. The Labute approximate surface area is 227 Å². The third-order valence-electron chi connectivity index (χ3n) is 8.02. The molecule has 3 aromatic rings. The van der Waals surface area contributed by atoms with Crippen LogP contribution in [0.2, 0.25) is 10.0 Å². The van der Waals surface area contributed by atoms with Crippen LogP contribution in [0.15, 0.2) is 30.5 Å². The highest BCUT2D eigenvalue weighted by atomic mass is 35.5. The SMILES string of the molecule is Cc1nn([C@H](C)c2ccc(Cl)cc2Cl)c2nc(C3=CC[C@@H](N4CCCC4CCC(=O)O)[C@@H](C)C3)cnc12. The third-order valence-corrected chi connectivity index (χ3v) is 8.59. The molecule has 1 aromatic carbocycles. The first kappa shape index (κ1) is 26.1. The van der Waals surface area contributed by atoms with Crippen molar-refractivity contribution < 1.29 is 9.90 Å². The first-order chi connectivity index (χ1) is 17.7. The summed E-state index contributed by atoms with van der Waals surface area (Å²) in [4.78, 5) is 23.5. The van der Waals surface area contributed by atoms with Crippen LogP contribution in [0.5, 0.6) is 0 Å². The largest absolute Gasteiger partial charge is 0.481 e. The van der Waals surface area contributed by atoms with E-state index in [1.54, 1.807) is 6.07 Å². The van der Waals surface area contributed by atoms with Crippen LogP contribution in [0.1, 0.15) is 75.4 Å². The number of aromatic nitrogens is 4. The number of carbonyl (C=O) groups is 1. The van der Waals surface area contributed by atoms with Crippen molar-refractivity contribution in [3.63, 3.8) is 0 Å². The van der Waals surface area contributed by atoms with Gasteiger partial charge in [0.2, 0.25) is 0 Å². The van der Waals surface area contributed by atoms with Crippen molar-refractivity contribution in [3.05, 3.63) is 57.5 Å². The quantitative estimate of drug-likeness (QED) is 0.364. The van der Waals surface area contributed by atoms with Gasteiger partial charge in [0, 0.05) is 28.5 Å². The van der Waals surface area contributed by atoms with Gasteiger partial charge in [0.1, 0.15) is 5.52 Å². The number of benzene rings is 1. The Morgan fingerprint density at radius 1 is 1.30 bits per heavy atom. The fourth-order valence-electron chi connectivity index (χ4n) is 6.08. The number of likely N-dealkylation sites (tertiary alicyclic amines) is 1. The summed E-state index contributed by atoms with van der Waals surface area (Å²) in [5.41, 5.74) is 5.40. The van der Waals surface area contributed by atoms with Crippen molar-refractivity contribution in [1.82, 2.24) is 24.6 Å². The molecule has 5 rings (SSSR count). The molecule has 1 aliphatic heterocycles. The van der Waals surface area contributed by atoms with E-state index < -0.39 is 5.97 Å². The number of hydrogen-bond acceptors (Lipinski definition) is 5. The van der Waals surface area contributed by atoms with Crippen molar-refractivity contribution in [2.45, 2.75) is 77.4 Å². The van der Waals surface area contributed by atoms with Gasteiger partial charge in [-0.3, -0.25) is 9.69 Å². The van der Waals surface area contributed by atoms with Gasteiger partial charge in [-0.15, -0.1) is 0 Å². The van der Waals surface area contributed by atoms with Gasteiger partial charge in [0.15, 0.2) is 5.65 Å². The van der Waals surface area contributed by atoms with Crippen molar-refractivity contribution in [2.75, 3.05) is 6.54 Å². The summed E-state index contributed by atoms with van der Waals surface area (Å²) >= 11 is 12.6. The number of nitrogens with zero attached hydrogens (tertiary/aromatic N) is 5. The van der Waals surface area contributed by atoms with Gasteiger partial charge in [-0.1, -0.05) is 42.3 Å². The van der Waals surface area contributed by atoms with Crippen LogP contribution in [-0.4, -0.2) is 54.4 Å². The molecule has 0 saturated carbocycles. The number of halogens is 2. The lowest BCUT2D eigenvalue weighted by Gasteiger charge is -2.39. The zero-order valence-electron chi connectivity index (χ0n) is 21.5. The van der Waals surface area contributed by atoms with E-state index in [2.05, 4.69) is 24.8 Å². The van der Waals surface area contributed by atoms with Crippen molar-refractivity contribution in [3.8, 4) is 0 Å². The summed E-state index contributed by atoms with van der Waals surface area (Å²) in [6.45, 7) is 7.36. The maximum Gasteiger partial charge on any atom is 0.303 e. The van der Waals surface area contributed by atoms with E-state index >= 15 is 0 Å². The molecule has 0 radical (unpaired) electrons. The molecule has 1 saturated heterocycles. The number of aryl methyl sites for hydroxylation is 1. The number of fused-ring (bicyclic) bond motifs is 1. The summed E-state index contributed by atoms with van der Waals surface area (Å²) in [6, 6.07) is 6.19. The number of carboxylic acids is 1. The first-order valence-electron chi connectivity index (χ1n) is 13.1. The molecule has 7 nitrogen and oxygen atoms in total. The van der Waals surface area contributed by atoms with Gasteiger partial charge in [0.05, 0.1) is 23.6 Å². The van der Waals surface area contributed by atoms with Crippen LogP contribution < -0.4 is 0 Å². The highest BCUT2D eigenvalue weighted by Gasteiger charge is 2.35. The molecule has 37 heavy (non-hydrogen) atoms. The van der Waals surface area contributed by atoms with Crippen molar-refractivity contribution in [2.24, 2.45) is 5.92 Å². The molecule has 2 aromatic heterocycles. The molecule has 0 bridgehead atoms. The lowest BCUT2D eigenvalue weighted by Crippen LogP contribution is -2.44. The summed E-state index contributed by atoms with van der Waals surface area (Å²) in [6.07, 6.45) is 9.24. The fraction of sp³-hybridized carbons (Fsp3) is 0.500. The van der Waals surface area contributed by atoms with Crippen LogP contribution >= 0.6 is 23.2 Å². The Balaban J connectivity index is 1.41. The normalized spacial score (nSPS) is 23.4. The van der Waals surface area contributed by atoms with Crippen LogP contribution in [0.3, 0.4) is 0 Å². The molecule has 0 amide bonds. The van der Waals surface area contributed by atoms with E-state index in [4.69, 9.17) is 43.4 Å². The first-order valence-corrected chi connectivity index (χ1v) is 13.8. The standard InChI is InChI=1S/C28H33Cl2N5O2/c1-16-13-19(6-10-25(16)34-12-4-5-21(34)8-11-26(36)37)24-15-31-27-17(2)33-35(28(27)32-24)18(3)22-9-7-20(29)14-23(22)30/h6-7,9,14-16,18,21,25H,4-5,8,10-13H2,1-3H3,(H,36,37)/t16-,18+,21?,25+/m0/s1. The van der Waals surface area contributed by atoms with Crippen LogP contribution in [0.4, 0.5) is 0 Å². The molecule has 1 unspecified atom stereocenters. The second kappa shape index (κ2) is 10.7. The average Bonchev–Trinajstić information content (AvgIpc) is 3.46. The molecule has 0 spiro atoms. The Kier molecular flexibility index (Phi) is 7.57. The monoisotopic (exact) mass is 541 g/mol. The number of rotatable bonds is 7. The van der Waals surface area contributed by atoms with E-state index in [9.17, 15) is 4.79 Å². The van der Waals surface area contributed by atoms with Gasteiger partial charge < -0.3 is 5.11 Å². The third kappa shape index (κ3) is 5.27. The molecule has 4 atom stereocenters. The Bertz CT molecular complexity index is 1350. The minimum atomic E-state index is -0.707. The van der Waals surface area contributed by atoms with Crippen molar-refractivity contribution >= 4 is 45.9 Å². The number of aliphatic carboxylic acids is 1. The molecule has 1 aliphatic carbocycles.